The van der Waals surface area contributed by atoms with Crippen molar-refractivity contribution in [1.82, 2.24) is 4.90 Å². The monoisotopic (exact) mass is 201 g/mol. The topological polar surface area (TPSA) is 66.8 Å². The molecule has 0 spiro atoms. The number of carbonyl (C=O) groups excluding carboxylic acids is 2. The van der Waals surface area contributed by atoms with Gasteiger partial charge in [0, 0.05) is 13.6 Å². The molecule has 1 N–H and O–H groups in total. The molecule has 1 aliphatic heterocycles. The Bertz CT molecular complexity index is 241. The van der Waals surface area contributed by atoms with Gasteiger partial charge in [-0.3, -0.25) is 4.79 Å². The van der Waals surface area contributed by atoms with Crippen LogP contribution in [0.2, 0.25) is 0 Å². The summed E-state index contributed by atoms with van der Waals surface area (Å²) in [6, 6.07) is 0. The number of likely N-dealkylation sites (tertiary alicyclic amines) is 1. The highest BCUT2D eigenvalue weighted by Crippen LogP contribution is 2.20. The largest absolute Gasteiger partial charge is 0.464 e. The van der Waals surface area contributed by atoms with Gasteiger partial charge in [-0.05, 0) is 13.3 Å². The minimum absolute atomic E-state index is 0.189. The minimum Gasteiger partial charge on any atom is -0.464 e. The molecule has 14 heavy (non-hydrogen) atoms. The van der Waals surface area contributed by atoms with Gasteiger partial charge in [-0.2, -0.15) is 0 Å². The standard InChI is InChI=1S/C9H15NO4/c1-3-14-9(13)7(11)6-4-5-10(2)8(6)12/h6-7,11H,3-5H2,1-2H3. The van der Waals surface area contributed by atoms with E-state index in [9.17, 15) is 14.7 Å². The van der Waals surface area contributed by atoms with Crippen molar-refractivity contribution in [1.29, 1.82) is 0 Å². The van der Waals surface area contributed by atoms with E-state index in [2.05, 4.69) is 4.74 Å². The molecule has 2 unspecified atom stereocenters. The van der Waals surface area contributed by atoms with E-state index in [0.29, 0.717) is 13.0 Å². The predicted octanol–water partition coefficient (Wildman–Crippen LogP) is -0.611. The normalized spacial score (nSPS) is 23.8. The molecule has 2 atom stereocenters. The van der Waals surface area contributed by atoms with Crippen LogP contribution in [0.4, 0.5) is 0 Å². The Morgan fingerprint density at radius 2 is 2.43 bits per heavy atom. The van der Waals surface area contributed by atoms with Gasteiger partial charge >= 0.3 is 5.97 Å². The zero-order valence-electron chi connectivity index (χ0n) is 8.40. The van der Waals surface area contributed by atoms with Crippen LogP contribution in [0.15, 0.2) is 0 Å². The molecule has 5 heteroatoms. The van der Waals surface area contributed by atoms with Crippen molar-refractivity contribution in [2.24, 2.45) is 5.92 Å². The Kier molecular flexibility index (Phi) is 3.46. The van der Waals surface area contributed by atoms with E-state index in [0.717, 1.165) is 0 Å². The summed E-state index contributed by atoms with van der Waals surface area (Å²) in [6.07, 6.45) is -0.803. The van der Waals surface area contributed by atoms with Gasteiger partial charge in [0.25, 0.3) is 0 Å². The number of rotatable bonds is 3. The van der Waals surface area contributed by atoms with Crippen molar-refractivity contribution in [2.45, 2.75) is 19.4 Å². The predicted molar refractivity (Wildman–Crippen MR) is 48.4 cm³/mol. The highest BCUT2D eigenvalue weighted by molar-refractivity contribution is 5.87. The summed E-state index contributed by atoms with van der Waals surface area (Å²) < 4.78 is 4.64. The summed E-state index contributed by atoms with van der Waals surface area (Å²) in [5, 5.41) is 9.51. The number of aliphatic hydroxyl groups is 1. The number of nitrogens with zero attached hydrogens (tertiary/aromatic N) is 1. The van der Waals surface area contributed by atoms with Crippen LogP contribution >= 0.6 is 0 Å². The Morgan fingerprint density at radius 3 is 2.86 bits per heavy atom. The molecule has 5 nitrogen and oxygen atoms in total. The van der Waals surface area contributed by atoms with E-state index in [1.165, 1.54) is 4.90 Å². The third-order valence-electron chi connectivity index (χ3n) is 2.38. The quantitative estimate of drug-likeness (QED) is 0.618. The molecule has 0 bridgehead atoms. The first-order valence-electron chi connectivity index (χ1n) is 4.67. The van der Waals surface area contributed by atoms with E-state index < -0.39 is 18.0 Å². The van der Waals surface area contributed by atoms with E-state index in [-0.39, 0.29) is 12.5 Å². The molecule has 80 valence electrons. The van der Waals surface area contributed by atoms with Crippen molar-refractivity contribution in [3.63, 3.8) is 0 Å². The molecule has 0 aliphatic carbocycles. The molecule has 1 rings (SSSR count). The fraction of sp³-hybridized carbons (Fsp3) is 0.778. The SMILES string of the molecule is CCOC(=O)C(O)C1CCN(C)C1=O. The second-order valence-corrected chi connectivity index (χ2v) is 3.35. The van der Waals surface area contributed by atoms with Gasteiger partial charge in [0.1, 0.15) is 0 Å². The van der Waals surface area contributed by atoms with Gasteiger partial charge in [-0.25, -0.2) is 4.79 Å². The summed E-state index contributed by atoms with van der Waals surface area (Å²) in [5.41, 5.74) is 0. The van der Waals surface area contributed by atoms with Crippen LogP contribution in [-0.4, -0.2) is 48.2 Å². The van der Waals surface area contributed by atoms with Gasteiger partial charge in [0.05, 0.1) is 12.5 Å². The van der Waals surface area contributed by atoms with E-state index in [4.69, 9.17) is 0 Å². The molecule has 0 radical (unpaired) electrons. The van der Waals surface area contributed by atoms with Gasteiger partial charge in [0.15, 0.2) is 6.10 Å². The number of ether oxygens (including phenoxy) is 1. The molecule has 0 aromatic carbocycles. The number of amides is 1. The van der Waals surface area contributed by atoms with Crippen molar-refractivity contribution in [3.05, 3.63) is 0 Å². The van der Waals surface area contributed by atoms with Crippen molar-refractivity contribution < 1.29 is 19.4 Å². The highest BCUT2D eigenvalue weighted by Gasteiger charge is 2.38. The minimum atomic E-state index is -1.31. The van der Waals surface area contributed by atoms with Gasteiger partial charge in [-0.15, -0.1) is 0 Å². The highest BCUT2D eigenvalue weighted by atomic mass is 16.5. The third-order valence-corrected chi connectivity index (χ3v) is 2.38. The van der Waals surface area contributed by atoms with Crippen molar-refractivity contribution >= 4 is 11.9 Å². The summed E-state index contributed by atoms with van der Waals surface area (Å²) in [4.78, 5) is 24.1. The fourth-order valence-electron chi connectivity index (χ4n) is 1.53. The van der Waals surface area contributed by atoms with E-state index in [1.54, 1.807) is 14.0 Å². The fourth-order valence-corrected chi connectivity index (χ4v) is 1.53. The first kappa shape index (κ1) is 11.0. The molecule has 1 fully saturated rings. The number of carbonyl (C=O) groups is 2. The molecule has 1 heterocycles. The van der Waals surface area contributed by atoms with Crippen molar-refractivity contribution in [3.8, 4) is 0 Å². The Hall–Kier alpha value is -1.10. The first-order chi connectivity index (χ1) is 6.57. The number of hydrogen-bond donors (Lipinski definition) is 1. The lowest BCUT2D eigenvalue weighted by molar-refractivity contribution is -0.158. The number of esters is 1. The average Bonchev–Trinajstić information content (AvgIpc) is 2.47. The molecular weight excluding hydrogens is 186 g/mol. The molecule has 0 saturated carbocycles. The lowest BCUT2D eigenvalue weighted by atomic mass is 10.0. The smallest absolute Gasteiger partial charge is 0.335 e. The lowest BCUT2D eigenvalue weighted by Gasteiger charge is -2.15. The molecular formula is C9H15NO4. The van der Waals surface area contributed by atoms with Crippen LogP contribution in [0.5, 0.6) is 0 Å². The third kappa shape index (κ3) is 2.04. The average molecular weight is 201 g/mol. The Balaban J connectivity index is 2.57. The Morgan fingerprint density at radius 1 is 1.79 bits per heavy atom. The first-order valence-corrected chi connectivity index (χ1v) is 4.67. The summed E-state index contributed by atoms with van der Waals surface area (Å²) >= 11 is 0. The van der Waals surface area contributed by atoms with Crippen molar-refractivity contribution in [2.75, 3.05) is 20.2 Å². The van der Waals surface area contributed by atoms with Crippen LogP contribution in [0.1, 0.15) is 13.3 Å². The summed E-state index contributed by atoms with van der Waals surface area (Å²) in [5.74, 6) is -1.52. The molecule has 1 aliphatic rings. The van der Waals surface area contributed by atoms with Gasteiger partial charge in [-0.1, -0.05) is 0 Å². The molecule has 1 saturated heterocycles. The van der Waals surface area contributed by atoms with Crippen LogP contribution < -0.4 is 0 Å². The zero-order valence-corrected chi connectivity index (χ0v) is 8.40. The number of hydrogen-bond acceptors (Lipinski definition) is 4. The molecule has 0 aromatic rings. The maximum absolute atomic E-state index is 11.4. The van der Waals surface area contributed by atoms with E-state index in [1.807, 2.05) is 0 Å². The molecule has 0 aromatic heterocycles. The lowest BCUT2D eigenvalue weighted by Crippen LogP contribution is -2.36. The maximum Gasteiger partial charge on any atom is 0.335 e. The Labute approximate surface area is 82.6 Å². The maximum atomic E-state index is 11.4. The van der Waals surface area contributed by atoms with Crippen LogP contribution in [0.3, 0.4) is 0 Å². The zero-order chi connectivity index (χ0) is 10.7. The van der Waals surface area contributed by atoms with Gasteiger partial charge in [0.2, 0.25) is 5.91 Å². The van der Waals surface area contributed by atoms with Crippen LogP contribution in [-0.2, 0) is 14.3 Å². The second kappa shape index (κ2) is 4.41. The van der Waals surface area contributed by atoms with Crippen LogP contribution in [0, 0.1) is 5.92 Å². The van der Waals surface area contributed by atoms with Gasteiger partial charge < -0.3 is 14.7 Å². The second-order valence-electron chi connectivity index (χ2n) is 3.35. The number of aliphatic hydroxyl groups excluding tert-OH is 1. The van der Waals surface area contributed by atoms with E-state index >= 15 is 0 Å². The molecule has 1 amide bonds. The summed E-state index contributed by atoms with van der Waals surface area (Å²) in [7, 11) is 1.65. The van der Waals surface area contributed by atoms with Crippen LogP contribution in [0.25, 0.3) is 0 Å². The summed E-state index contributed by atoms with van der Waals surface area (Å²) in [6.45, 7) is 2.46.